The predicted molar refractivity (Wildman–Crippen MR) is 136 cm³/mol. The normalized spacial score (nSPS) is 18.3. The van der Waals surface area contributed by atoms with Crippen molar-refractivity contribution < 1.29 is 28.9 Å². The van der Waals surface area contributed by atoms with Crippen molar-refractivity contribution in [1.82, 2.24) is 0 Å². The van der Waals surface area contributed by atoms with Crippen LogP contribution in [-0.4, -0.2) is 36.6 Å². The summed E-state index contributed by atoms with van der Waals surface area (Å²) in [5, 5.41) is 11.4. The molecule has 0 radical (unpaired) electrons. The molecule has 0 aliphatic carbocycles. The van der Waals surface area contributed by atoms with Crippen LogP contribution in [0.25, 0.3) is 5.76 Å². The maximum absolute atomic E-state index is 13.4. The molecular weight excluding hydrogens is 458 g/mol. The Hall–Kier alpha value is -4.26. The van der Waals surface area contributed by atoms with Crippen LogP contribution in [0.2, 0.25) is 0 Å². The van der Waals surface area contributed by atoms with Gasteiger partial charge in [0, 0.05) is 23.7 Å². The van der Waals surface area contributed by atoms with E-state index < -0.39 is 17.7 Å². The van der Waals surface area contributed by atoms with E-state index in [-0.39, 0.29) is 17.4 Å². The van der Waals surface area contributed by atoms with Crippen molar-refractivity contribution in [2.45, 2.75) is 32.4 Å². The smallest absolute Gasteiger partial charge is 0.300 e. The first-order valence-corrected chi connectivity index (χ1v) is 11.8. The highest BCUT2D eigenvalue weighted by atomic mass is 16.5. The van der Waals surface area contributed by atoms with Crippen LogP contribution in [0.3, 0.4) is 0 Å². The molecule has 1 atom stereocenters. The molecule has 1 fully saturated rings. The van der Waals surface area contributed by atoms with Crippen molar-refractivity contribution >= 4 is 23.1 Å². The highest BCUT2D eigenvalue weighted by Gasteiger charge is 2.47. The second kappa shape index (κ2) is 9.41. The predicted octanol–water partition coefficient (Wildman–Crippen LogP) is 5.04. The lowest BCUT2D eigenvalue weighted by Gasteiger charge is -2.26. The minimum absolute atomic E-state index is 0.0170. The van der Waals surface area contributed by atoms with Crippen molar-refractivity contribution in [2.75, 3.05) is 18.6 Å². The summed E-state index contributed by atoms with van der Waals surface area (Å²) in [7, 11) is 1.54. The third kappa shape index (κ3) is 4.17. The second-order valence-corrected chi connectivity index (χ2v) is 9.03. The van der Waals surface area contributed by atoms with E-state index >= 15 is 0 Å². The van der Waals surface area contributed by atoms with E-state index in [9.17, 15) is 14.7 Å². The largest absolute Gasteiger partial charge is 0.507 e. The van der Waals surface area contributed by atoms with Gasteiger partial charge < -0.3 is 19.3 Å². The van der Waals surface area contributed by atoms with Gasteiger partial charge in [0.25, 0.3) is 11.7 Å². The molecule has 184 valence electrons. The van der Waals surface area contributed by atoms with E-state index in [2.05, 4.69) is 0 Å². The Morgan fingerprint density at radius 3 is 2.58 bits per heavy atom. The van der Waals surface area contributed by atoms with Gasteiger partial charge in [-0.1, -0.05) is 18.2 Å². The Morgan fingerprint density at radius 2 is 1.81 bits per heavy atom. The molecule has 7 heteroatoms. The second-order valence-electron chi connectivity index (χ2n) is 9.03. The Labute approximate surface area is 209 Å². The molecule has 36 heavy (non-hydrogen) atoms. The van der Waals surface area contributed by atoms with Gasteiger partial charge in [-0.05, 0) is 67.4 Å². The molecule has 2 heterocycles. The maximum atomic E-state index is 13.4. The number of benzene rings is 3. The lowest BCUT2D eigenvalue weighted by molar-refractivity contribution is -0.132. The number of methoxy groups -OCH3 is 1. The fourth-order valence-corrected chi connectivity index (χ4v) is 4.69. The van der Waals surface area contributed by atoms with Gasteiger partial charge in [-0.3, -0.25) is 14.5 Å². The van der Waals surface area contributed by atoms with Gasteiger partial charge in [-0.25, -0.2) is 0 Å². The highest BCUT2D eigenvalue weighted by molar-refractivity contribution is 6.51. The molecule has 3 aromatic rings. The van der Waals surface area contributed by atoms with Gasteiger partial charge in [0.2, 0.25) is 0 Å². The van der Waals surface area contributed by atoms with E-state index in [4.69, 9.17) is 14.2 Å². The SMILES string of the molecule is COc1cccc(N2C(=O)C(=O)/C(=C(\O)c3ccc4c(c3)CCO4)C2c2cccc(OC(C)C)c2)c1. The molecule has 7 nitrogen and oxygen atoms in total. The van der Waals surface area contributed by atoms with Crippen LogP contribution in [0.4, 0.5) is 5.69 Å². The summed E-state index contributed by atoms with van der Waals surface area (Å²) in [5.74, 6) is 0.200. The van der Waals surface area contributed by atoms with Crippen LogP contribution in [-0.2, 0) is 16.0 Å². The van der Waals surface area contributed by atoms with Crippen LogP contribution in [0.1, 0.15) is 36.6 Å². The van der Waals surface area contributed by atoms with E-state index in [1.807, 2.05) is 38.1 Å². The lowest BCUT2D eigenvalue weighted by Crippen LogP contribution is -2.29. The van der Waals surface area contributed by atoms with Crippen LogP contribution >= 0.6 is 0 Å². The Balaban J connectivity index is 1.69. The van der Waals surface area contributed by atoms with Crippen LogP contribution < -0.4 is 19.1 Å². The first-order valence-electron chi connectivity index (χ1n) is 11.8. The summed E-state index contributed by atoms with van der Waals surface area (Å²) in [6.45, 7) is 4.42. The number of carbonyl (C=O) groups is 2. The Bertz CT molecular complexity index is 1380. The average molecular weight is 486 g/mol. The quantitative estimate of drug-likeness (QED) is 0.299. The zero-order valence-electron chi connectivity index (χ0n) is 20.4. The summed E-state index contributed by atoms with van der Waals surface area (Å²) in [5.41, 5.74) is 2.55. The van der Waals surface area contributed by atoms with Crippen molar-refractivity contribution in [2.24, 2.45) is 0 Å². The number of Topliss-reactive ketones (excluding diaryl/α,β-unsaturated/α-hetero) is 1. The summed E-state index contributed by atoms with van der Waals surface area (Å²) in [6, 6.07) is 18.6. The topological polar surface area (TPSA) is 85.3 Å². The number of ether oxygens (including phenoxy) is 3. The number of carbonyl (C=O) groups excluding carboxylic acids is 2. The van der Waals surface area contributed by atoms with Crippen molar-refractivity contribution in [1.29, 1.82) is 0 Å². The lowest BCUT2D eigenvalue weighted by atomic mass is 9.94. The molecule has 1 N–H and O–H groups in total. The van der Waals surface area contributed by atoms with Gasteiger partial charge in [0.05, 0.1) is 31.4 Å². The van der Waals surface area contributed by atoms with E-state index in [1.165, 1.54) is 12.0 Å². The first kappa shape index (κ1) is 23.5. The van der Waals surface area contributed by atoms with Crippen molar-refractivity contribution in [3.8, 4) is 17.2 Å². The molecule has 0 spiro atoms. The molecule has 3 aromatic carbocycles. The number of hydrogen-bond acceptors (Lipinski definition) is 6. The molecule has 0 bridgehead atoms. The van der Waals surface area contributed by atoms with Gasteiger partial charge in [-0.15, -0.1) is 0 Å². The maximum Gasteiger partial charge on any atom is 0.300 e. The van der Waals surface area contributed by atoms with Crippen molar-refractivity contribution in [3.05, 3.63) is 89.0 Å². The van der Waals surface area contributed by atoms with Crippen LogP contribution in [0.15, 0.2) is 72.3 Å². The van der Waals surface area contributed by atoms with Crippen molar-refractivity contribution in [3.63, 3.8) is 0 Å². The zero-order chi connectivity index (χ0) is 25.4. The van der Waals surface area contributed by atoms with Gasteiger partial charge >= 0.3 is 0 Å². The monoisotopic (exact) mass is 485 g/mol. The third-order valence-electron chi connectivity index (χ3n) is 6.28. The average Bonchev–Trinajstić information content (AvgIpc) is 3.45. The number of fused-ring (bicyclic) bond motifs is 1. The summed E-state index contributed by atoms with van der Waals surface area (Å²) in [6.07, 6.45) is 0.658. The molecule has 1 saturated heterocycles. The molecule has 5 rings (SSSR count). The summed E-state index contributed by atoms with van der Waals surface area (Å²) < 4.78 is 16.8. The fourth-order valence-electron chi connectivity index (χ4n) is 4.69. The highest BCUT2D eigenvalue weighted by Crippen LogP contribution is 2.44. The number of ketones is 1. The molecule has 0 aromatic heterocycles. The fraction of sp³-hybridized carbons (Fsp3) is 0.241. The number of amides is 1. The number of nitrogens with zero attached hydrogens (tertiary/aromatic N) is 1. The minimum atomic E-state index is -0.864. The van der Waals surface area contributed by atoms with E-state index in [0.29, 0.717) is 41.3 Å². The summed E-state index contributed by atoms with van der Waals surface area (Å²) >= 11 is 0. The molecular formula is C29H27NO6. The van der Waals surface area contributed by atoms with E-state index in [1.54, 1.807) is 42.5 Å². The number of aliphatic hydroxyl groups is 1. The Morgan fingerprint density at radius 1 is 1.03 bits per heavy atom. The number of aliphatic hydroxyl groups excluding tert-OH is 1. The number of rotatable bonds is 6. The molecule has 2 aliphatic heterocycles. The Kier molecular flexibility index (Phi) is 6.14. The standard InChI is InChI=1S/C29H27NO6/c1-17(2)36-23-9-4-6-19(15-23)26-25(27(31)20-10-11-24-18(14-20)12-13-35-24)28(32)29(33)30(26)21-7-5-8-22(16-21)34-3/h4-11,14-17,26,31H,12-13H2,1-3H3/b27-25-. The van der Waals surface area contributed by atoms with Gasteiger partial charge in [0.1, 0.15) is 23.0 Å². The molecule has 1 amide bonds. The first-order chi connectivity index (χ1) is 17.4. The minimum Gasteiger partial charge on any atom is -0.507 e. The molecule has 2 aliphatic rings. The summed E-state index contributed by atoms with van der Waals surface area (Å²) in [4.78, 5) is 28.3. The third-order valence-corrected chi connectivity index (χ3v) is 6.28. The van der Waals surface area contributed by atoms with Gasteiger partial charge in [-0.2, -0.15) is 0 Å². The molecule has 0 saturated carbocycles. The number of anilines is 1. The van der Waals surface area contributed by atoms with Crippen LogP contribution in [0, 0.1) is 0 Å². The van der Waals surface area contributed by atoms with E-state index in [0.717, 1.165) is 11.3 Å². The molecule has 1 unspecified atom stereocenters. The number of hydrogen-bond donors (Lipinski definition) is 1. The van der Waals surface area contributed by atoms with Gasteiger partial charge in [0.15, 0.2) is 0 Å². The zero-order valence-corrected chi connectivity index (χ0v) is 20.4. The van der Waals surface area contributed by atoms with Crippen LogP contribution in [0.5, 0.6) is 17.2 Å².